The van der Waals surface area contributed by atoms with Crippen molar-refractivity contribution in [3.63, 3.8) is 0 Å². The Bertz CT molecular complexity index is 1130. The number of benzene rings is 3. The van der Waals surface area contributed by atoms with Gasteiger partial charge in [0, 0.05) is 16.3 Å². The Balaban J connectivity index is 1.73. The van der Waals surface area contributed by atoms with Crippen molar-refractivity contribution in [3.8, 4) is 11.4 Å². The molecule has 0 aliphatic rings. The van der Waals surface area contributed by atoms with Crippen LogP contribution in [0.15, 0.2) is 60.7 Å². The molecule has 0 saturated carbocycles. The molecule has 1 heterocycles. The fourth-order valence-electron chi connectivity index (χ4n) is 2.86. The highest BCUT2D eigenvalue weighted by Crippen LogP contribution is 2.27. The first-order valence-electron chi connectivity index (χ1n) is 8.29. The first-order chi connectivity index (χ1) is 13.1. The van der Waals surface area contributed by atoms with Crippen LogP contribution in [-0.4, -0.2) is 20.1 Å². The van der Waals surface area contributed by atoms with Crippen LogP contribution in [0.1, 0.15) is 5.56 Å². The zero-order valence-corrected chi connectivity index (χ0v) is 15.0. The molecule has 0 bridgehead atoms. The number of aliphatic hydroxyl groups excluding tert-OH is 1. The Morgan fingerprint density at radius 3 is 2.56 bits per heavy atom. The van der Waals surface area contributed by atoms with Gasteiger partial charge < -0.3 is 16.2 Å². The van der Waals surface area contributed by atoms with Gasteiger partial charge in [0.25, 0.3) is 0 Å². The second-order valence-electron chi connectivity index (χ2n) is 5.99. The minimum atomic E-state index is -0.161. The highest BCUT2D eigenvalue weighted by Gasteiger charge is 2.12. The number of nitrogen functional groups attached to an aromatic ring is 1. The van der Waals surface area contributed by atoms with E-state index in [1.54, 1.807) is 18.2 Å². The zero-order valence-electron chi connectivity index (χ0n) is 14.2. The number of halogens is 1. The van der Waals surface area contributed by atoms with E-state index in [4.69, 9.17) is 17.3 Å². The molecule has 7 heteroatoms. The van der Waals surface area contributed by atoms with Gasteiger partial charge in [-0.15, -0.1) is 0 Å². The van der Waals surface area contributed by atoms with Crippen LogP contribution in [0.3, 0.4) is 0 Å². The first-order valence-corrected chi connectivity index (χ1v) is 8.67. The van der Waals surface area contributed by atoms with Crippen LogP contribution in [0.5, 0.6) is 0 Å². The largest absolute Gasteiger partial charge is 0.392 e. The summed E-state index contributed by atoms with van der Waals surface area (Å²) in [5, 5.41) is 15.5. The molecule has 0 aliphatic carbocycles. The molecule has 0 spiro atoms. The van der Waals surface area contributed by atoms with Gasteiger partial charge in [-0.05, 0) is 40.6 Å². The molecule has 0 unspecified atom stereocenters. The second-order valence-corrected chi connectivity index (χ2v) is 6.42. The van der Waals surface area contributed by atoms with Crippen LogP contribution in [-0.2, 0) is 6.61 Å². The fourth-order valence-corrected chi connectivity index (χ4v) is 3.03. The lowest BCUT2D eigenvalue weighted by Gasteiger charge is -2.10. The van der Waals surface area contributed by atoms with Crippen LogP contribution >= 0.6 is 11.6 Å². The Hall–Kier alpha value is -3.22. The highest BCUT2D eigenvalue weighted by atomic mass is 35.5. The van der Waals surface area contributed by atoms with E-state index in [0.717, 1.165) is 16.5 Å². The first kappa shape index (κ1) is 17.2. The summed E-state index contributed by atoms with van der Waals surface area (Å²) >= 11 is 6.09. The van der Waals surface area contributed by atoms with E-state index < -0.39 is 0 Å². The summed E-state index contributed by atoms with van der Waals surface area (Å²) in [6.07, 6.45) is 0. The van der Waals surface area contributed by atoms with Gasteiger partial charge >= 0.3 is 0 Å². The predicted octanol–water partition coefficient (Wildman–Crippen LogP) is 4.16. The van der Waals surface area contributed by atoms with Gasteiger partial charge in [-0.25, -0.2) is 0 Å². The van der Waals surface area contributed by atoms with Crippen molar-refractivity contribution in [2.45, 2.75) is 6.61 Å². The van der Waals surface area contributed by atoms with Crippen LogP contribution in [0, 0.1) is 0 Å². The molecule has 0 radical (unpaired) electrons. The van der Waals surface area contributed by atoms with Crippen molar-refractivity contribution in [1.82, 2.24) is 15.0 Å². The molecule has 134 valence electrons. The number of fused-ring (bicyclic) bond motifs is 1. The predicted molar refractivity (Wildman–Crippen MR) is 108 cm³/mol. The molecule has 4 rings (SSSR count). The molecule has 4 N–H and O–H groups in total. The van der Waals surface area contributed by atoms with E-state index in [1.165, 1.54) is 0 Å². The molecule has 1 aromatic heterocycles. The van der Waals surface area contributed by atoms with Crippen molar-refractivity contribution < 1.29 is 5.11 Å². The molecule has 4 aromatic rings. The van der Waals surface area contributed by atoms with Crippen LogP contribution in [0.4, 0.5) is 17.6 Å². The van der Waals surface area contributed by atoms with Gasteiger partial charge in [0.1, 0.15) is 0 Å². The molecule has 0 amide bonds. The third-order valence-corrected chi connectivity index (χ3v) is 4.38. The highest BCUT2D eigenvalue weighted by molar-refractivity contribution is 6.30. The molecule has 0 fully saturated rings. The molecule has 6 nitrogen and oxygen atoms in total. The van der Waals surface area contributed by atoms with Gasteiger partial charge in [-0.1, -0.05) is 48.0 Å². The van der Waals surface area contributed by atoms with Gasteiger partial charge in [0.05, 0.1) is 6.61 Å². The Morgan fingerprint density at radius 2 is 1.74 bits per heavy atom. The van der Waals surface area contributed by atoms with Crippen LogP contribution < -0.4 is 11.1 Å². The summed E-state index contributed by atoms with van der Waals surface area (Å²) < 4.78 is 0. The quantitative estimate of drug-likeness (QED) is 0.494. The zero-order chi connectivity index (χ0) is 18.8. The van der Waals surface area contributed by atoms with Crippen molar-refractivity contribution in [1.29, 1.82) is 0 Å². The lowest BCUT2D eigenvalue weighted by molar-refractivity contribution is 0.282. The maximum absolute atomic E-state index is 9.58. The van der Waals surface area contributed by atoms with E-state index in [-0.39, 0.29) is 12.6 Å². The lowest BCUT2D eigenvalue weighted by atomic mass is 10.1. The van der Waals surface area contributed by atoms with Gasteiger partial charge in [-0.2, -0.15) is 15.0 Å². The number of nitrogens with two attached hydrogens (primary N) is 1. The average molecular weight is 378 g/mol. The number of aliphatic hydroxyl groups is 1. The summed E-state index contributed by atoms with van der Waals surface area (Å²) in [6.45, 7) is -0.161. The molecular weight excluding hydrogens is 362 g/mol. The fraction of sp³-hybridized carbons (Fsp3) is 0.0500. The van der Waals surface area contributed by atoms with E-state index in [0.29, 0.717) is 27.9 Å². The van der Waals surface area contributed by atoms with Crippen molar-refractivity contribution in [2.75, 3.05) is 11.1 Å². The van der Waals surface area contributed by atoms with Gasteiger partial charge in [0.15, 0.2) is 5.82 Å². The molecular formula is C20H16ClN5O. The number of rotatable bonds is 4. The Morgan fingerprint density at radius 1 is 0.926 bits per heavy atom. The number of aromatic nitrogens is 3. The molecule has 3 aromatic carbocycles. The Labute approximate surface area is 160 Å². The summed E-state index contributed by atoms with van der Waals surface area (Å²) in [5.74, 6) is 0.737. The number of hydrogen-bond acceptors (Lipinski definition) is 6. The maximum Gasteiger partial charge on any atom is 0.232 e. The average Bonchev–Trinajstić information content (AvgIpc) is 2.67. The number of nitrogens with zero attached hydrogens (tertiary/aromatic N) is 3. The van der Waals surface area contributed by atoms with E-state index in [2.05, 4.69) is 20.3 Å². The number of hydrogen-bond donors (Lipinski definition) is 3. The smallest absolute Gasteiger partial charge is 0.232 e. The summed E-state index contributed by atoms with van der Waals surface area (Å²) in [7, 11) is 0. The van der Waals surface area contributed by atoms with E-state index in [9.17, 15) is 5.11 Å². The van der Waals surface area contributed by atoms with E-state index in [1.807, 2.05) is 42.5 Å². The Kier molecular flexibility index (Phi) is 4.58. The third-order valence-electron chi connectivity index (χ3n) is 4.14. The van der Waals surface area contributed by atoms with Crippen molar-refractivity contribution in [2.24, 2.45) is 0 Å². The van der Waals surface area contributed by atoms with E-state index >= 15 is 0 Å². The third kappa shape index (κ3) is 3.67. The minimum Gasteiger partial charge on any atom is -0.392 e. The van der Waals surface area contributed by atoms with Crippen LogP contribution in [0.25, 0.3) is 22.2 Å². The van der Waals surface area contributed by atoms with Gasteiger partial charge in [-0.3, -0.25) is 0 Å². The standard InChI is InChI=1S/C20H16ClN5O/c21-15-7-5-14(11-27)17(10-15)18-24-19(22)26-20(25-18)23-16-8-6-12-3-1-2-4-13(12)9-16/h1-10,27H,11H2,(H3,22,23,24,25,26). The summed E-state index contributed by atoms with van der Waals surface area (Å²) in [6, 6.07) is 19.2. The topological polar surface area (TPSA) is 97.0 Å². The second kappa shape index (κ2) is 7.19. The normalized spacial score (nSPS) is 10.9. The summed E-state index contributed by atoms with van der Waals surface area (Å²) in [5.41, 5.74) is 7.97. The number of anilines is 3. The summed E-state index contributed by atoms with van der Waals surface area (Å²) in [4.78, 5) is 12.8. The monoisotopic (exact) mass is 377 g/mol. The van der Waals surface area contributed by atoms with Crippen molar-refractivity contribution >= 4 is 40.0 Å². The number of nitrogens with one attached hydrogen (secondary N) is 1. The molecule has 27 heavy (non-hydrogen) atoms. The maximum atomic E-state index is 9.58. The van der Waals surface area contributed by atoms with Crippen molar-refractivity contribution in [3.05, 3.63) is 71.2 Å². The lowest BCUT2D eigenvalue weighted by Crippen LogP contribution is -2.06. The molecule has 0 atom stereocenters. The minimum absolute atomic E-state index is 0.0761. The molecule has 0 aliphatic heterocycles. The van der Waals surface area contributed by atoms with Gasteiger partial charge in [0.2, 0.25) is 11.9 Å². The van der Waals surface area contributed by atoms with Crippen LogP contribution in [0.2, 0.25) is 5.02 Å². The SMILES string of the molecule is Nc1nc(Nc2ccc3ccccc3c2)nc(-c2cc(Cl)ccc2CO)n1. The molecule has 0 saturated heterocycles.